The molecule has 108 valence electrons. The molecule has 0 saturated carbocycles. The van der Waals surface area contributed by atoms with Crippen LogP contribution in [0.25, 0.3) is 5.52 Å². The number of hydrogen-bond donors (Lipinski definition) is 1. The predicted octanol–water partition coefficient (Wildman–Crippen LogP) is 1.69. The van der Waals surface area contributed by atoms with E-state index in [0.29, 0.717) is 0 Å². The molecule has 0 amide bonds. The van der Waals surface area contributed by atoms with Gasteiger partial charge in [0.1, 0.15) is 5.52 Å². The highest BCUT2D eigenvalue weighted by Gasteiger charge is 2.20. The van der Waals surface area contributed by atoms with Gasteiger partial charge in [-0.3, -0.25) is 0 Å². The zero-order valence-electron chi connectivity index (χ0n) is 12.3. The minimum Gasteiger partial charge on any atom is -0.379 e. The van der Waals surface area contributed by atoms with Crippen LogP contribution in [0.2, 0.25) is 0 Å². The number of rotatable bonds is 2. The quantitative estimate of drug-likeness (QED) is 0.904. The zero-order valence-corrected chi connectivity index (χ0v) is 12.3. The van der Waals surface area contributed by atoms with Crippen LogP contribution >= 0.6 is 0 Å². The molecule has 20 heavy (non-hydrogen) atoms. The number of hydrogen-bond acceptors (Lipinski definition) is 5. The van der Waals surface area contributed by atoms with Gasteiger partial charge in [-0.15, -0.1) is 0 Å². The van der Waals surface area contributed by atoms with Gasteiger partial charge in [0.05, 0.1) is 18.9 Å². The Morgan fingerprint density at radius 1 is 1.25 bits per heavy atom. The van der Waals surface area contributed by atoms with Gasteiger partial charge in [-0.1, -0.05) is 20.8 Å². The van der Waals surface area contributed by atoms with Gasteiger partial charge in [0.15, 0.2) is 5.82 Å². The molecule has 0 spiro atoms. The number of nitrogens with one attached hydrogen (secondary N) is 1. The number of anilines is 1. The van der Waals surface area contributed by atoms with Crippen LogP contribution in [0.1, 0.15) is 26.5 Å². The van der Waals surface area contributed by atoms with Crippen molar-refractivity contribution in [2.24, 2.45) is 0 Å². The van der Waals surface area contributed by atoms with E-state index in [0.717, 1.165) is 43.3 Å². The van der Waals surface area contributed by atoms with Gasteiger partial charge in [-0.05, 0) is 6.07 Å². The molecule has 0 unspecified atom stereocenters. The summed E-state index contributed by atoms with van der Waals surface area (Å²) in [5.74, 6) is 0.845. The van der Waals surface area contributed by atoms with Crippen LogP contribution in [0.3, 0.4) is 0 Å². The van der Waals surface area contributed by atoms with Gasteiger partial charge in [0, 0.05) is 30.9 Å². The topological polar surface area (TPSA) is 54.7 Å². The molecule has 1 fully saturated rings. The molecule has 2 aromatic rings. The molecule has 6 heteroatoms. The minimum atomic E-state index is 0.0300. The van der Waals surface area contributed by atoms with Crippen LogP contribution in [-0.2, 0) is 10.2 Å². The molecular formula is C14H21N5O. The third-order valence-electron chi connectivity index (χ3n) is 3.43. The summed E-state index contributed by atoms with van der Waals surface area (Å²) >= 11 is 0. The molecular weight excluding hydrogens is 254 g/mol. The fourth-order valence-electron chi connectivity index (χ4n) is 2.20. The molecule has 3 heterocycles. The lowest BCUT2D eigenvalue weighted by Crippen LogP contribution is -2.40. The zero-order chi connectivity index (χ0) is 14.2. The van der Waals surface area contributed by atoms with E-state index in [-0.39, 0.29) is 5.41 Å². The van der Waals surface area contributed by atoms with E-state index in [4.69, 9.17) is 4.74 Å². The molecule has 3 rings (SSSR count). The van der Waals surface area contributed by atoms with Gasteiger partial charge in [-0.25, -0.2) is 14.5 Å². The van der Waals surface area contributed by atoms with Crippen molar-refractivity contribution in [3.8, 4) is 0 Å². The number of morpholine rings is 1. The van der Waals surface area contributed by atoms with E-state index in [1.807, 2.05) is 10.7 Å². The lowest BCUT2D eigenvalue weighted by Gasteiger charge is -2.27. The second kappa shape index (κ2) is 5.03. The molecule has 6 nitrogen and oxygen atoms in total. The van der Waals surface area contributed by atoms with Gasteiger partial charge in [0.2, 0.25) is 0 Å². The van der Waals surface area contributed by atoms with Gasteiger partial charge in [0.25, 0.3) is 0 Å². The van der Waals surface area contributed by atoms with Crippen molar-refractivity contribution in [3.63, 3.8) is 0 Å². The monoisotopic (exact) mass is 275 g/mol. The SMILES string of the molecule is CC(C)(C)c1cc2c(NN3CCOCC3)nccn2n1. The third kappa shape index (κ3) is 2.62. The molecule has 1 saturated heterocycles. The molecule has 0 radical (unpaired) electrons. The van der Waals surface area contributed by atoms with Crippen molar-refractivity contribution in [1.29, 1.82) is 0 Å². The Kier molecular flexibility index (Phi) is 3.35. The first-order valence-corrected chi connectivity index (χ1v) is 6.98. The van der Waals surface area contributed by atoms with Crippen molar-refractivity contribution in [2.75, 3.05) is 31.7 Å². The summed E-state index contributed by atoms with van der Waals surface area (Å²) in [6.07, 6.45) is 3.66. The maximum absolute atomic E-state index is 5.35. The first-order valence-electron chi connectivity index (χ1n) is 6.98. The highest BCUT2D eigenvalue weighted by molar-refractivity contribution is 5.67. The second-order valence-corrected chi connectivity index (χ2v) is 6.10. The largest absolute Gasteiger partial charge is 0.379 e. The maximum atomic E-state index is 5.35. The Bertz CT molecular complexity index is 595. The Morgan fingerprint density at radius 3 is 2.70 bits per heavy atom. The lowest BCUT2D eigenvalue weighted by molar-refractivity contribution is 0.0495. The summed E-state index contributed by atoms with van der Waals surface area (Å²) in [4.78, 5) is 4.44. The molecule has 0 aromatic carbocycles. The first-order chi connectivity index (χ1) is 9.54. The van der Waals surface area contributed by atoms with Crippen LogP contribution in [0.4, 0.5) is 5.82 Å². The van der Waals surface area contributed by atoms with E-state index < -0.39 is 0 Å². The summed E-state index contributed by atoms with van der Waals surface area (Å²) in [6.45, 7) is 9.73. The maximum Gasteiger partial charge on any atom is 0.166 e. The van der Waals surface area contributed by atoms with E-state index in [1.54, 1.807) is 6.20 Å². The highest BCUT2D eigenvalue weighted by Crippen LogP contribution is 2.24. The van der Waals surface area contributed by atoms with E-state index in [9.17, 15) is 0 Å². The Morgan fingerprint density at radius 2 is 2.00 bits per heavy atom. The minimum absolute atomic E-state index is 0.0300. The van der Waals surface area contributed by atoms with Crippen LogP contribution in [0.5, 0.6) is 0 Å². The fourth-order valence-corrected chi connectivity index (χ4v) is 2.20. The van der Waals surface area contributed by atoms with E-state index in [1.165, 1.54) is 0 Å². The van der Waals surface area contributed by atoms with E-state index >= 15 is 0 Å². The lowest BCUT2D eigenvalue weighted by atomic mass is 9.92. The summed E-state index contributed by atoms with van der Waals surface area (Å²) in [5.41, 5.74) is 5.47. The average molecular weight is 275 g/mol. The number of aromatic nitrogens is 3. The predicted molar refractivity (Wildman–Crippen MR) is 77.7 cm³/mol. The van der Waals surface area contributed by atoms with Crippen LogP contribution < -0.4 is 5.43 Å². The van der Waals surface area contributed by atoms with Gasteiger partial charge < -0.3 is 10.2 Å². The van der Waals surface area contributed by atoms with Crippen LogP contribution in [-0.4, -0.2) is 45.9 Å². The number of hydrazine groups is 1. The normalized spacial score (nSPS) is 17.6. The fraction of sp³-hybridized carbons (Fsp3) is 0.571. The number of ether oxygens (including phenoxy) is 1. The number of fused-ring (bicyclic) bond motifs is 1. The van der Waals surface area contributed by atoms with Crippen LogP contribution in [0.15, 0.2) is 18.5 Å². The van der Waals surface area contributed by atoms with Gasteiger partial charge >= 0.3 is 0 Å². The molecule has 1 N–H and O–H groups in total. The third-order valence-corrected chi connectivity index (χ3v) is 3.43. The van der Waals surface area contributed by atoms with Gasteiger partial charge in [-0.2, -0.15) is 5.10 Å². The van der Waals surface area contributed by atoms with E-state index in [2.05, 4.69) is 47.4 Å². The van der Waals surface area contributed by atoms with Crippen molar-refractivity contribution in [3.05, 3.63) is 24.2 Å². The van der Waals surface area contributed by atoms with Crippen molar-refractivity contribution in [1.82, 2.24) is 19.6 Å². The highest BCUT2D eigenvalue weighted by atomic mass is 16.5. The second-order valence-electron chi connectivity index (χ2n) is 6.10. The molecule has 1 aliphatic heterocycles. The Balaban J connectivity index is 1.92. The number of nitrogens with zero attached hydrogens (tertiary/aromatic N) is 4. The molecule has 0 atom stereocenters. The van der Waals surface area contributed by atoms with Crippen LogP contribution in [0, 0.1) is 0 Å². The molecule has 1 aliphatic rings. The van der Waals surface area contributed by atoms with Crippen molar-refractivity contribution in [2.45, 2.75) is 26.2 Å². The average Bonchev–Trinajstić information content (AvgIpc) is 2.85. The standard InChI is InChI=1S/C14H21N5O/c1-14(2,3)12-10-11-13(15-4-5-19(11)16-12)17-18-6-8-20-9-7-18/h4-5,10H,6-9H2,1-3H3,(H,15,17). The smallest absolute Gasteiger partial charge is 0.166 e. The molecule has 2 aromatic heterocycles. The summed E-state index contributed by atoms with van der Waals surface area (Å²) in [7, 11) is 0. The summed E-state index contributed by atoms with van der Waals surface area (Å²) in [6, 6.07) is 2.11. The van der Waals surface area contributed by atoms with Crippen molar-refractivity contribution < 1.29 is 4.74 Å². The molecule has 0 bridgehead atoms. The Labute approximate surface area is 118 Å². The Hall–Kier alpha value is -1.66. The van der Waals surface area contributed by atoms with Crippen molar-refractivity contribution >= 4 is 11.3 Å². The molecule has 0 aliphatic carbocycles. The summed E-state index contributed by atoms with van der Waals surface area (Å²) in [5, 5.41) is 6.77. The summed E-state index contributed by atoms with van der Waals surface area (Å²) < 4.78 is 7.24. The first kappa shape index (κ1) is 13.3.